The molecule has 0 aromatic carbocycles. The average molecular weight is 280 g/mol. The first-order valence-electron chi connectivity index (χ1n) is 5.33. The summed E-state index contributed by atoms with van der Waals surface area (Å²) in [6, 6.07) is 1.72. The van der Waals surface area contributed by atoms with Crippen molar-refractivity contribution in [2.75, 3.05) is 0 Å². The van der Waals surface area contributed by atoms with Gasteiger partial charge < -0.3 is 15.9 Å². The van der Waals surface area contributed by atoms with Crippen LogP contribution in [-0.4, -0.2) is 42.8 Å². The van der Waals surface area contributed by atoms with Crippen molar-refractivity contribution in [2.45, 2.75) is 6.42 Å². The number of carbonyl (C=O) groups is 3. The number of nitrogens with zero attached hydrogens (tertiary/aromatic N) is 3. The number of fused-ring (bicyclic) bond motifs is 1. The number of carbonyl (C=O) groups excluding carboxylic acids is 1. The molecule has 2 heterocycles. The summed E-state index contributed by atoms with van der Waals surface area (Å²) in [5.74, 6) is -3.14. The first-order chi connectivity index (χ1) is 9.32. The summed E-state index contributed by atoms with van der Waals surface area (Å²) in [7, 11) is 1.75. The molecule has 0 fully saturated rings. The van der Waals surface area contributed by atoms with Crippen molar-refractivity contribution >= 4 is 28.7 Å². The van der Waals surface area contributed by atoms with E-state index in [2.05, 4.69) is 10.1 Å². The van der Waals surface area contributed by atoms with Gasteiger partial charge in [0.2, 0.25) is 0 Å². The molecular weight excluding hydrogens is 268 g/mol. The highest BCUT2D eigenvalue weighted by molar-refractivity contribution is 6.03. The number of hydrogen-bond acceptors (Lipinski definition) is 5. The fourth-order valence-corrected chi connectivity index (χ4v) is 1.41. The van der Waals surface area contributed by atoms with Crippen LogP contribution in [0.5, 0.6) is 0 Å². The molecule has 1 amide bonds. The number of pyridine rings is 1. The number of amides is 1. The Morgan fingerprint density at radius 3 is 2.35 bits per heavy atom. The van der Waals surface area contributed by atoms with Gasteiger partial charge >= 0.3 is 11.9 Å². The summed E-state index contributed by atoms with van der Waals surface area (Å²) >= 11 is 0. The van der Waals surface area contributed by atoms with E-state index in [0.29, 0.717) is 5.69 Å². The predicted octanol–water partition coefficient (Wildman–Crippen LogP) is -0.387. The summed E-state index contributed by atoms with van der Waals surface area (Å²) in [5.41, 5.74) is 6.25. The van der Waals surface area contributed by atoms with E-state index in [1.807, 2.05) is 0 Å². The SMILES string of the molecule is Cn1nc(C(N)=O)c2ccncc21.O=C(O)CC(=O)O. The fraction of sp³-hybridized carbons (Fsp3) is 0.182. The van der Waals surface area contributed by atoms with E-state index in [0.717, 1.165) is 10.9 Å². The van der Waals surface area contributed by atoms with Gasteiger partial charge in [0.15, 0.2) is 5.69 Å². The van der Waals surface area contributed by atoms with Crippen molar-refractivity contribution in [2.24, 2.45) is 12.8 Å². The Kier molecular flexibility index (Phi) is 4.73. The number of hydrogen-bond donors (Lipinski definition) is 3. The lowest BCUT2D eigenvalue weighted by Gasteiger charge is -1.89. The van der Waals surface area contributed by atoms with Crippen molar-refractivity contribution in [1.82, 2.24) is 14.8 Å². The molecule has 0 aliphatic heterocycles. The van der Waals surface area contributed by atoms with Gasteiger partial charge in [-0.25, -0.2) is 0 Å². The topological polar surface area (TPSA) is 148 Å². The number of carboxylic acids is 2. The van der Waals surface area contributed by atoms with Crippen LogP contribution >= 0.6 is 0 Å². The lowest BCUT2D eigenvalue weighted by atomic mass is 10.2. The van der Waals surface area contributed by atoms with Crippen molar-refractivity contribution in [3.63, 3.8) is 0 Å². The van der Waals surface area contributed by atoms with Crippen molar-refractivity contribution < 1.29 is 24.6 Å². The molecule has 4 N–H and O–H groups in total. The van der Waals surface area contributed by atoms with Gasteiger partial charge in [0.1, 0.15) is 6.42 Å². The summed E-state index contributed by atoms with van der Waals surface area (Å²) in [6.07, 6.45) is 2.45. The molecule has 0 radical (unpaired) electrons. The number of aliphatic carboxylic acids is 2. The Hall–Kier alpha value is -2.97. The summed E-state index contributed by atoms with van der Waals surface area (Å²) < 4.78 is 1.59. The molecule has 20 heavy (non-hydrogen) atoms. The summed E-state index contributed by atoms with van der Waals surface area (Å²) in [5, 5.41) is 20.1. The molecule has 2 aromatic heterocycles. The molecule has 0 spiro atoms. The molecule has 9 heteroatoms. The van der Waals surface area contributed by atoms with Gasteiger partial charge in [-0.1, -0.05) is 0 Å². The fourth-order valence-electron chi connectivity index (χ4n) is 1.41. The Morgan fingerprint density at radius 1 is 1.30 bits per heavy atom. The van der Waals surface area contributed by atoms with Crippen LogP contribution in [0.3, 0.4) is 0 Å². The Bertz CT molecular complexity index is 652. The van der Waals surface area contributed by atoms with Crippen LogP contribution in [0.4, 0.5) is 0 Å². The molecule has 0 saturated carbocycles. The maximum absolute atomic E-state index is 11.0. The van der Waals surface area contributed by atoms with Gasteiger partial charge in [-0.3, -0.25) is 24.0 Å². The molecule has 0 unspecified atom stereocenters. The van der Waals surface area contributed by atoms with E-state index in [1.165, 1.54) is 0 Å². The van der Waals surface area contributed by atoms with Gasteiger partial charge in [-0.15, -0.1) is 0 Å². The van der Waals surface area contributed by atoms with Crippen LogP contribution in [0, 0.1) is 0 Å². The van der Waals surface area contributed by atoms with E-state index in [-0.39, 0.29) is 0 Å². The Morgan fingerprint density at radius 2 is 1.90 bits per heavy atom. The standard InChI is InChI=1S/C8H8N4O.C3H4O4/c1-12-6-4-10-3-2-5(6)7(11-12)8(9)13;4-2(5)1-3(6)7/h2-4H,1H3,(H2,9,13);1H2,(H,4,5)(H,6,7). The van der Waals surface area contributed by atoms with Gasteiger partial charge in [0.25, 0.3) is 5.91 Å². The summed E-state index contributed by atoms with van der Waals surface area (Å²) in [6.45, 7) is 0. The van der Waals surface area contributed by atoms with Crippen molar-refractivity contribution in [3.8, 4) is 0 Å². The minimum Gasteiger partial charge on any atom is -0.481 e. The van der Waals surface area contributed by atoms with Crippen LogP contribution in [0.1, 0.15) is 16.9 Å². The van der Waals surface area contributed by atoms with E-state index in [4.69, 9.17) is 15.9 Å². The number of primary amides is 1. The van der Waals surface area contributed by atoms with Gasteiger partial charge in [0.05, 0.1) is 11.7 Å². The van der Waals surface area contributed by atoms with Gasteiger partial charge in [0, 0.05) is 18.6 Å². The van der Waals surface area contributed by atoms with E-state index < -0.39 is 24.3 Å². The molecule has 0 aliphatic rings. The summed E-state index contributed by atoms with van der Waals surface area (Å²) in [4.78, 5) is 33.7. The minimum absolute atomic E-state index is 0.292. The van der Waals surface area contributed by atoms with Gasteiger partial charge in [-0.2, -0.15) is 5.10 Å². The van der Waals surface area contributed by atoms with E-state index in [9.17, 15) is 14.4 Å². The van der Waals surface area contributed by atoms with Crippen LogP contribution in [-0.2, 0) is 16.6 Å². The maximum atomic E-state index is 11.0. The van der Waals surface area contributed by atoms with Crippen molar-refractivity contribution in [3.05, 3.63) is 24.2 Å². The molecule has 2 rings (SSSR count). The lowest BCUT2D eigenvalue weighted by molar-refractivity contribution is -0.147. The van der Waals surface area contributed by atoms with Crippen LogP contribution < -0.4 is 5.73 Å². The predicted molar refractivity (Wildman–Crippen MR) is 66.9 cm³/mol. The highest BCUT2D eigenvalue weighted by Gasteiger charge is 2.11. The van der Waals surface area contributed by atoms with Crippen LogP contribution in [0.2, 0.25) is 0 Å². The highest BCUT2D eigenvalue weighted by Crippen LogP contribution is 2.15. The molecular formula is C11H12N4O5. The van der Waals surface area contributed by atoms with Crippen LogP contribution in [0.15, 0.2) is 18.5 Å². The molecule has 0 atom stereocenters. The number of aromatic nitrogens is 3. The monoisotopic (exact) mass is 280 g/mol. The zero-order valence-electron chi connectivity index (χ0n) is 10.5. The molecule has 0 bridgehead atoms. The number of rotatable bonds is 3. The largest absolute Gasteiger partial charge is 0.481 e. The van der Waals surface area contributed by atoms with Gasteiger partial charge in [-0.05, 0) is 6.07 Å². The van der Waals surface area contributed by atoms with Crippen molar-refractivity contribution in [1.29, 1.82) is 0 Å². The van der Waals surface area contributed by atoms with Crippen LogP contribution in [0.25, 0.3) is 10.9 Å². The second kappa shape index (κ2) is 6.27. The first-order valence-corrected chi connectivity index (χ1v) is 5.33. The highest BCUT2D eigenvalue weighted by atomic mass is 16.4. The third-order valence-corrected chi connectivity index (χ3v) is 2.19. The first kappa shape index (κ1) is 15.1. The smallest absolute Gasteiger partial charge is 0.314 e. The zero-order valence-corrected chi connectivity index (χ0v) is 10.5. The van der Waals surface area contributed by atoms with E-state index >= 15 is 0 Å². The maximum Gasteiger partial charge on any atom is 0.314 e. The average Bonchev–Trinajstić information content (AvgIpc) is 2.67. The molecule has 9 nitrogen and oxygen atoms in total. The number of nitrogens with two attached hydrogens (primary N) is 1. The Labute approximate surface area is 112 Å². The third kappa shape index (κ3) is 3.77. The zero-order chi connectivity index (χ0) is 15.3. The molecule has 0 saturated heterocycles. The van der Waals surface area contributed by atoms with E-state index in [1.54, 1.807) is 30.2 Å². The quantitative estimate of drug-likeness (QED) is 0.648. The normalized spacial score (nSPS) is 9.65. The lowest BCUT2D eigenvalue weighted by Crippen LogP contribution is -2.12. The molecule has 2 aromatic rings. The second-order valence-electron chi connectivity index (χ2n) is 3.69. The number of carboxylic acid groups (broad SMARTS) is 2. The molecule has 0 aliphatic carbocycles. The minimum atomic E-state index is -1.31. The Balaban J connectivity index is 0.000000246. The second-order valence-corrected chi connectivity index (χ2v) is 3.69. The number of aryl methyl sites for hydroxylation is 1. The third-order valence-electron chi connectivity index (χ3n) is 2.19. The molecule has 106 valence electrons.